The highest BCUT2D eigenvalue weighted by Gasteiger charge is 2.52. The van der Waals surface area contributed by atoms with Crippen molar-refractivity contribution >= 4 is 0 Å². The number of rotatable bonds is 2. The third kappa shape index (κ3) is 1.84. The standard InChI is InChI=1S/C14H18FNO3/c1-8(16)14(3-4-14)11-12(17)9(15)7-10-13(11)19-6-2-5-18-10/h7-8,17H,2-6,16H2,1H3. The van der Waals surface area contributed by atoms with Crippen LogP contribution in [-0.2, 0) is 5.41 Å². The molecule has 0 bridgehead atoms. The van der Waals surface area contributed by atoms with Gasteiger partial charge in [0.2, 0.25) is 0 Å². The van der Waals surface area contributed by atoms with E-state index in [2.05, 4.69) is 0 Å². The molecule has 5 heteroatoms. The average Bonchev–Trinajstić information content (AvgIpc) is 3.15. The fourth-order valence-electron chi connectivity index (χ4n) is 2.79. The van der Waals surface area contributed by atoms with Gasteiger partial charge in [0.15, 0.2) is 23.1 Å². The summed E-state index contributed by atoms with van der Waals surface area (Å²) in [6.07, 6.45) is 2.40. The van der Waals surface area contributed by atoms with Crippen molar-refractivity contribution in [1.29, 1.82) is 0 Å². The second-order valence-corrected chi connectivity index (χ2v) is 5.40. The Morgan fingerprint density at radius 1 is 1.37 bits per heavy atom. The number of phenolic OH excluding ortho intramolecular Hbond substituents is 1. The average molecular weight is 267 g/mol. The molecule has 0 spiro atoms. The third-order valence-corrected chi connectivity index (χ3v) is 4.12. The van der Waals surface area contributed by atoms with Gasteiger partial charge >= 0.3 is 0 Å². The molecule has 0 aromatic heterocycles. The van der Waals surface area contributed by atoms with E-state index in [0.29, 0.717) is 30.3 Å². The van der Waals surface area contributed by atoms with Gasteiger partial charge in [-0.25, -0.2) is 4.39 Å². The maximum absolute atomic E-state index is 13.9. The summed E-state index contributed by atoms with van der Waals surface area (Å²) in [5.74, 6) is -0.189. The summed E-state index contributed by atoms with van der Waals surface area (Å²) in [4.78, 5) is 0. The SMILES string of the molecule is CC(N)C1(c2c(O)c(F)cc3c2OCCCO3)CC1. The fourth-order valence-corrected chi connectivity index (χ4v) is 2.79. The van der Waals surface area contributed by atoms with Crippen LogP contribution in [0.15, 0.2) is 6.07 Å². The van der Waals surface area contributed by atoms with Crippen LogP contribution in [0.1, 0.15) is 31.7 Å². The monoisotopic (exact) mass is 267 g/mol. The maximum Gasteiger partial charge on any atom is 0.169 e. The van der Waals surface area contributed by atoms with E-state index < -0.39 is 5.82 Å². The number of hydrogen-bond acceptors (Lipinski definition) is 4. The van der Waals surface area contributed by atoms with Crippen molar-refractivity contribution < 1.29 is 19.0 Å². The minimum atomic E-state index is -0.675. The Morgan fingerprint density at radius 2 is 2.05 bits per heavy atom. The van der Waals surface area contributed by atoms with Crippen molar-refractivity contribution in [3.8, 4) is 17.2 Å². The summed E-state index contributed by atoms with van der Waals surface area (Å²) in [7, 11) is 0. The zero-order chi connectivity index (χ0) is 13.6. The van der Waals surface area contributed by atoms with Crippen molar-refractivity contribution in [2.45, 2.75) is 37.6 Å². The normalized spacial score (nSPS) is 21.6. The molecular formula is C14H18FNO3. The molecule has 1 saturated carbocycles. The number of ether oxygens (including phenoxy) is 2. The third-order valence-electron chi connectivity index (χ3n) is 4.12. The summed E-state index contributed by atoms with van der Waals surface area (Å²) >= 11 is 0. The quantitative estimate of drug-likeness (QED) is 0.861. The summed E-state index contributed by atoms with van der Waals surface area (Å²) in [6, 6.07) is 1.02. The molecule has 2 aliphatic rings. The molecule has 1 fully saturated rings. The van der Waals surface area contributed by atoms with E-state index in [0.717, 1.165) is 19.3 Å². The molecule has 3 rings (SSSR count). The Kier molecular flexibility index (Phi) is 2.82. The number of fused-ring (bicyclic) bond motifs is 1. The maximum atomic E-state index is 13.9. The van der Waals surface area contributed by atoms with Gasteiger partial charge in [-0.2, -0.15) is 0 Å². The summed E-state index contributed by atoms with van der Waals surface area (Å²) < 4.78 is 25.1. The minimum Gasteiger partial charge on any atom is -0.505 e. The van der Waals surface area contributed by atoms with Crippen molar-refractivity contribution in [2.24, 2.45) is 5.73 Å². The molecule has 1 aliphatic carbocycles. The van der Waals surface area contributed by atoms with Crippen molar-refractivity contribution in [2.75, 3.05) is 13.2 Å². The molecular weight excluding hydrogens is 249 g/mol. The molecule has 1 aromatic rings. The van der Waals surface area contributed by atoms with E-state index in [9.17, 15) is 9.50 Å². The Labute approximate surface area is 111 Å². The van der Waals surface area contributed by atoms with E-state index in [1.165, 1.54) is 6.07 Å². The van der Waals surface area contributed by atoms with Crippen LogP contribution in [-0.4, -0.2) is 24.4 Å². The summed E-state index contributed by atoms with van der Waals surface area (Å²) in [6.45, 7) is 2.86. The van der Waals surface area contributed by atoms with Gasteiger partial charge in [-0.1, -0.05) is 0 Å². The van der Waals surface area contributed by atoms with Crippen LogP contribution in [0.4, 0.5) is 4.39 Å². The highest BCUT2D eigenvalue weighted by molar-refractivity contribution is 5.60. The number of phenols is 1. The molecule has 104 valence electrons. The van der Waals surface area contributed by atoms with Gasteiger partial charge in [0.05, 0.1) is 18.8 Å². The second-order valence-electron chi connectivity index (χ2n) is 5.40. The van der Waals surface area contributed by atoms with E-state index in [1.807, 2.05) is 6.92 Å². The lowest BCUT2D eigenvalue weighted by molar-refractivity contribution is 0.294. The van der Waals surface area contributed by atoms with Gasteiger partial charge in [-0.15, -0.1) is 0 Å². The Morgan fingerprint density at radius 3 is 2.68 bits per heavy atom. The van der Waals surface area contributed by atoms with Gasteiger partial charge in [0.25, 0.3) is 0 Å². The highest BCUT2D eigenvalue weighted by Crippen LogP contribution is 2.58. The van der Waals surface area contributed by atoms with Gasteiger partial charge in [0, 0.05) is 23.9 Å². The molecule has 4 nitrogen and oxygen atoms in total. The first-order valence-electron chi connectivity index (χ1n) is 6.63. The number of aromatic hydroxyl groups is 1. The molecule has 0 amide bonds. The van der Waals surface area contributed by atoms with Crippen LogP contribution in [0.5, 0.6) is 17.2 Å². The van der Waals surface area contributed by atoms with Crippen LogP contribution in [0.3, 0.4) is 0 Å². The summed E-state index contributed by atoms with van der Waals surface area (Å²) in [5, 5.41) is 10.1. The topological polar surface area (TPSA) is 64.7 Å². The lowest BCUT2D eigenvalue weighted by Gasteiger charge is -2.25. The van der Waals surface area contributed by atoms with Gasteiger partial charge < -0.3 is 20.3 Å². The molecule has 1 aliphatic heterocycles. The zero-order valence-corrected chi connectivity index (χ0v) is 10.9. The van der Waals surface area contributed by atoms with Gasteiger partial charge in [-0.05, 0) is 19.8 Å². The van der Waals surface area contributed by atoms with Crippen LogP contribution in [0.2, 0.25) is 0 Å². The number of nitrogens with two attached hydrogens (primary N) is 1. The summed E-state index contributed by atoms with van der Waals surface area (Å²) in [5.41, 5.74) is 6.13. The van der Waals surface area contributed by atoms with Gasteiger partial charge in [-0.3, -0.25) is 0 Å². The van der Waals surface area contributed by atoms with Crippen molar-refractivity contribution in [3.05, 3.63) is 17.4 Å². The first-order valence-corrected chi connectivity index (χ1v) is 6.63. The molecule has 0 radical (unpaired) electrons. The second kappa shape index (κ2) is 4.27. The minimum absolute atomic E-state index is 0.170. The van der Waals surface area contributed by atoms with Crippen LogP contribution >= 0.6 is 0 Å². The zero-order valence-electron chi connectivity index (χ0n) is 10.9. The number of benzene rings is 1. The van der Waals surface area contributed by atoms with Crippen LogP contribution in [0, 0.1) is 5.82 Å². The Balaban J connectivity index is 2.19. The van der Waals surface area contributed by atoms with E-state index in [4.69, 9.17) is 15.2 Å². The predicted molar refractivity (Wildman–Crippen MR) is 68.2 cm³/mol. The first kappa shape index (κ1) is 12.5. The van der Waals surface area contributed by atoms with Crippen LogP contribution < -0.4 is 15.2 Å². The Hall–Kier alpha value is -1.49. The molecule has 1 aromatic carbocycles. The van der Waals surface area contributed by atoms with E-state index in [1.54, 1.807) is 0 Å². The largest absolute Gasteiger partial charge is 0.505 e. The molecule has 3 N–H and O–H groups in total. The van der Waals surface area contributed by atoms with Crippen molar-refractivity contribution in [3.63, 3.8) is 0 Å². The number of hydrogen-bond donors (Lipinski definition) is 2. The molecule has 1 atom stereocenters. The fraction of sp³-hybridized carbons (Fsp3) is 0.571. The smallest absolute Gasteiger partial charge is 0.169 e. The first-order chi connectivity index (χ1) is 9.06. The Bertz CT molecular complexity index is 512. The van der Waals surface area contributed by atoms with Crippen LogP contribution in [0.25, 0.3) is 0 Å². The van der Waals surface area contributed by atoms with Crippen molar-refractivity contribution in [1.82, 2.24) is 0 Å². The molecule has 0 saturated heterocycles. The lowest BCUT2D eigenvalue weighted by atomic mass is 9.87. The van der Waals surface area contributed by atoms with E-state index in [-0.39, 0.29) is 17.2 Å². The van der Waals surface area contributed by atoms with E-state index >= 15 is 0 Å². The molecule has 1 unspecified atom stereocenters. The number of halogens is 1. The predicted octanol–water partition coefficient (Wildman–Crippen LogP) is 2.07. The molecule has 1 heterocycles. The molecule has 19 heavy (non-hydrogen) atoms. The van der Waals surface area contributed by atoms with Gasteiger partial charge in [0.1, 0.15) is 0 Å². The highest BCUT2D eigenvalue weighted by atomic mass is 19.1. The lowest BCUT2D eigenvalue weighted by Crippen LogP contribution is -2.32.